The van der Waals surface area contributed by atoms with Crippen molar-refractivity contribution >= 4 is 10.0 Å². The Morgan fingerprint density at radius 3 is 2.41 bits per heavy atom. The van der Waals surface area contributed by atoms with Gasteiger partial charge in [0.2, 0.25) is 10.0 Å². The lowest BCUT2D eigenvalue weighted by atomic mass is 9.92. The van der Waals surface area contributed by atoms with Crippen molar-refractivity contribution in [2.75, 3.05) is 0 Å². The van der Waals surface area contributed by atoms with E-state index in [4.69, 9.17) is 5.73 Å². The lowest BCUT2D eigenvalue weighted by molar-refractivity contribution is 0.361. The molecule has 0 spiro atoms. The number of sulfonamides is 1. The fraction of sp³-hybridized carbons (Fsp3) is 0.500. The Hall–Kier alpha value is -0.910. The SMILES string of the molecule is NC1CCCCC1NS(=O)(=O)c1ccccc1. The lowest BCUT2D eigenvalue weighted by Crippen LogP contribution is -2.49. The van der Waals surface area contributed by atoms with Gasteiger partial charge in [-0.3, -0.25) is 0 Å². The molecule has 4 nitrogen and oxygen atoms in total. The molecule has 94 valence electrons. The zero-order chi connectivity index (χ0) is 12.3. The van der Waals surface area contributed by atoms with E-state index in [9.17, 15) is 8.42 Å². The molecule has 17 heavy (non-hydrogen) atoms. The van der Waals surface area contributed by atoms with Gasteiger partial charge in [0.1, 0.15) is 0 Å². The first-order valence-electron chi connectivity index (χ1n) is 5.92. The monoisotopic (exact) mass is 254 g/mol. The highest BCUT2D eigenvalue weighted by atomic mass is 32.2. The van der Waals surface area contributed by atoms with Crippen LogP contribution in [0.2, 0.25) is 0 Å². The third-order valence-corrected chi connectivity index (χ3v) is 4.69. The van der Waals surface area contributed by atoms with E-state index in [-0.39, 0.29) is 12.1 Å². The van der Waals surface area contributed by atoms with Gasteiger partial charge < -0.3 is 5.73 Å². The summed E-state index contributed by atoms with van der Waals surface area (Å²) in [5, 5.41) is 0. The third kappa shape index (κ3) is 3.06. The fourth-order valence-corrected chi connectivity index (χ4v) is 3.52. The van der Waals surface area contributed by atoms with E-state index in [1.165, 1.54) is 0 Å². The summed E-state index contributed by atoms with van der Waals surface area (Å²) in [7, 11) is -3.42. The lowest BCUT2D eigenvalue weighted by Gasteiger charge is -2.28. The van der Waals surface area contributed by atoms with E-state index in [0.29, 0.717) is 4.90 Å². The third-order valence-electron chi connectivity index (χ3n) is 3.18. The maximum absolute atomic E-state index is 12.1. The minimum Gasteiger partial charge on any atom is -0.326 e. The van der Waals surface area contributed by atoms with Gasteiger partial charge in [-0.15, -0.1) is 0 Å². The van der Waals surface area contributed by atoms with Crippen molar-refractivity contribution in [3.63, 3.8) is 0 Å². The molecule has 2 rings (SSSR count). The van der Waals surface area contributed by atoms with Crippen LogP contribution in [0, 0.1) is 0 Å². The van der Waals surface area contributed by atoms with Crippen molar-refractivity contribution in [3.05, 3.63) is 30.3 Å². The van der Waals surface area contributed by atoms with Gasteiger partial charge in [0.25, 0.3) is 0 Å². The minimum atomic E-state index is -3.42. The molecule has 0 aliphatic heterocycles. The first-order chi connectivity index (χ1) is 8.09. The summed E-state index contributed by atoms with van der Waals surface area (Å²) in [6, 6.07) is 8.22. The van der Waals surface area contributed by atoms with Crippen LogP contribution in [0.25, 0.3) is 0 Å². The summed E-state index contributed by atoms with van der Waals surface area (Å²) in [4.78, 5) is 0.303. The summed E-state index contributed by atoms with van der Waals surface area (Å²) in [6.45, 7) is 0. The molecule has 0 aromatic heterocycles. The average molecular weight is 254 g/mol. The number of nitrogens with one attached hydrogen (secondary N) is 1. The Bertz CT molecular complexity index is 459. The highest BCUT2D eigenvalue weighted by Crippen LogP contribution is 2.19. The molecule has 2 unspecified atom stereocenters. The second kappa shape index (κ2) is 5.16. The van der Waals surface area contributed by atoms with Crippen LogP contribution in [0.1, 0.15) is 25.7 Å². The Labute approximate surface area is 102 Å². The molecule has 5 heteroatoms. The van der Waals surface area contributed by atoms with Gasteiger partial charge in [0.15, 0.2) is 0 Å². The zero-order valence-corrected chi connectivity index (χ0v) is 10.5. The van der Waals surface area contributed by atoms with Crippen molar-refractivity contribution in [2.45, 2.75) is 42.7 Å². The number of hydrogen-bond donors (Lipinski definition) is 2. The van der Waals surface area contributed by atoms with E-state index in [2.05, 4.69) is 4.72 Å². The van der Waals surface area contributed by atoms with Crippen molar-refractivity contribution in [3.8, 4) is 0 Å². The Morgan fingerprint density at radius 2 is 1.76 bits per heavy atom. The Morgan fingerprint density at radius 1 is 1.12 bits per heavy atom. The number of rotatable bonds is 3. The minimum absolute atomic E-state index is 0.0674. The predicted octanol–water partition coefficient (Wildman–Crippen LogP) is 1.23. The second-order valence-electron chi connectivity index (χ2n) is 4.49. The molecule has 2 atom stereocenters. The second-order valence-corrected chi connectivity index (χ2v) is 6.20. The summed E-state index contributed by atoms with van der Waals surface area (Å²) in [5.41, 5.74) is 5.94. The van der Waals surface area contributed by atoms with Crippen LogP contribution >= 0.6 is 0 Å². The van der Waals surface area contributed by atoms with Crippen LogP contribution in [-0.2, 0) is 10.0 Å². The zero-order valence-electron chi connectivity index (χ0n) is 9.67. The van der Waals surface area contributed by atoms with Gasteiger partial charge in [-0.25, -0.2) is 13.1 Å². The molecule has 0 saturated heterocycles. The van der Waals surface area contributed by atoms with Crippen LogP contribution in [0.15, 0.2) is 35.2 Å². The molecule has 1 aliphatic carbocycles. The molecule has 0 heterocycles. The maximum Gasteiger partial charge on any atom is 0.240 e. The maximum atomic E-state index is 12.1. The molecule has 1 fully saturated rings. The van der Waals surface area contributed by atoms with E-state index < -0.39 is 10.0 Å². The molecule has 0 bridgehead atoms. The summed E-state index contributed by atoms with van der Waals surface area (Å²) >= 11 is 0. The first-order valence-corrected chi connectivity index (χ1v) is 7.41. The molecule has 0 radical (unpaired) electrons. The fourth-order valence-electron chi connectivity index (χ4n) is 2.17. The van der Waals surface area contributed by atoms with Gasteiger partial charge in [0, 0.05) is 12.1 Å². The molecule has 1 aromatic rings. The topological polar surface area (TPSA) is 72.2 Å². The number of nitrogens with two attached hydrogens (primary N) is 1. The highest BCUT2D eigenvalue weighted by molar-refractivity contribution is 7.89. The van der Waals surface area contributed by atoms with Crippen LogP contribution in [0.3, 0.4) is 0 Å². The summed E-state index contributed by atoms with van der Waals surface area (Å²) in [6.07, 6.45) is 3.84. The quantitative estimate of drug-likeness (QED) is 0.852. The van der Waals surface area contributed by atoms with Crippen molar-refractivity contribution in [1.29, 1.82) is 0 Å². The van der Waals surface area contributed by atoms with E-state index in [1.54, 1.807) is 30.3 Å². The van der Waals surface area contributed by atoms with Crippen LogP contribution in [0.5, 0.6) is 0 Å². The Balaban J connectivity index is 2.12. The van der Waals surface area contributed by atoms with Gasteiger partial charge in [-0.2, -0.15) is 0 Å². The molecule has 1 aliphatic rings. The largest absolute Gasteiger partial charge is 0.326 e. The molecule has 1 aromatic carbocycles. The summed E-state index contributed by atoms with van der Waals surface area (Å²) < 4.78 is 26.9. The van der Waals surface area contributed by atoms with Crippen LogP contribution in [-0.4, -0.2) is 20.5 Å². The van der Waals surface area contributed by atoms with Crippen LogP contribution in [0.4, 0.5) is 0 Å². The standard InChI is InChI=1S/C12H18N2O2S/c13-11-8-4-5-9-12(11)14-17(15,16)10-6-2-1-3-7-10/h1-3,6-7,11-12,14H,4-5,8-9,13H2. The Kier molecular flexibility index (Phi) is 3.81. The highest BCUT2D eigenvalue weighted by Gasteiger charge is 2.26. The van der Waals surface area contributed by atoms with E-state index in [0.717, 1.165) is 25.7 Å². The normalized spacial score (nSPS) is 25.7. The molecule has 0 amide bonds. The molecular weight excluding hydrogens is 236 g/mol. The van der Waals surface area contributed by atoms with E-state index >= 15 is 0 Å². The van der Waals surface area contributed by atoms with Crippen molar-refractivity contribution in [2.24, 2.45) is 5.73 Å². The van der Waals surface area contributed by atoms with Gasteiger partial charge in [-0.05, 0) is 25.0 Å². The van der Waals surface area contributed by atoms with E-state index in [1.807, 2.05) is 0 Å². The number of hydrogen-bond acceptors (Lipinski definition) is 3. The van der Waals surface area contributed by atoms with Gasteiger partial charge in [0.05, 0.1) is 4.90 Å². The van der Waals surface area contributed by atoms with Crippen LogP contribution < -0.4 is 10.5 Å². The molecule has 1 saturated carbocycles. The first kappa shape index (κ1) is 12.5. The molecule has 3 N–H and O–H groups in total. The smallest absolute Gasteiger partial charge is 0.240 e. The van der Waals surface area contributed by atoms with Gasteiger partial charge in [-0.1, -0.05) is 31.0 Å². The number of benzene rings is 1. The van der Waals surface area contributed by atoms with Crippen molar-refractivity contribution < 1.29 is 8.42 Å². The molecular formula is C12H18N2O2S. The van der Waals surface area contributed by atoms with Gasteiger partial charge >= 0.3 is 0 Å². The average Bonchev–Trinajstić information content (AvgIpc) is 2.33. The predicted molar refractivity (Wildman–Crippen MR) is 67.0 cm³/mol. The summed E-state index contributed by atoms with van der Waals surface area (Å²) in [5.74, 6) is 0. The van der Waals surface area contributed by atoms with Crippen molar-refractivity contribution in [1.82, 2.24) is 4.72 Å².